The Labute approximate surface area is 127 Å². The first-order valence-electron chi connectivity index (χ1n) is 5.65. The SMILES string of the molecule is CCOC(=O)c1nc(C(=O)Nc2ccncc2Br)cs1. The minimum Gasteiger partial charge on any atom is -0.461 e. The van der Waals surface area contributed by atoms with Crippen LogP contribution in [0.25, 0.3) is 0 Å². The molecular formula is C12H10BrN3O3S. The number of nitrogens with one attached hydrogen (secondary N) is 1. The first-order chi connectivity index (χ1) is 9.61. The summed E-state index contributed by atoms with van der Waals surface area (Å²) in [6, 6.07) is 1.65. The average molecular weight is 356 g/mol. The van der Waals surface area contributed by atoms with Crippen LogP contribution < -0.4 is 5.32 Å². The zero-order chi connectivity index (χ0) is 14.5. The summed E-state index contributed by atoms with van der Waals surface area (Å²) in [6.45, 7) is 1.98. The molecule has 6 nitrogen and oxygen atoms in total. The van der Waals surface area contributed by atoms with Crippen molar-refractivity contribution in [1.29, 1.82) is 0 Å². The quantitative estimate of drug-likeness (QED) is 0.852. The zero-order valence-electron chi connectivity index (χ0n) is 10.4. The lowest BCUT2D eigenvalue weighted by atomic mass is 10.3. The molecule has 104 valence electrons. The molecule has 2 aromatic heterocycles. The highest BCUT2D eigenvalue weighted by Gasteiger charge is 2.16. The van der Waals surface area contributed by atoms with Crippen molar-refractivity contribution in [3.63, 3.8) is 0 Å². The van der Waals surface area contributed by atoms with E-state index >= 15 is 0 Å². The second-order valence-corrected chi connectivity index (χ2v) is 5.28. The number of aromatic nitrogens is 2. The molecule has 0 spiro atoms. The molecule has 1 amide bonds. The van der Waals surface area contributed by atoms with Crippen LogP contribution in [0.3, 0.4) is 0 Å². The van der Waals surface area contributed by atoms with Crippen LogP contribution in [0.5, 0.6) is 0 Å². The van der Waals surface area contributed by atoms with Crippen molar-refractivity contribution in [3.8, 4) is 0 Å². The van der Waals surface area contributed by atoms with Gasteiger partial charge >= 0.3 is 5.97 Å². The molecule has 2 heterocycles. The number of ether oxygens (including phenoxy) is 1. The molecule has 0 aliphatic heterocycles. The van der Waals surface area contributed by atoms with E-state index in [0.717, 1.165) is 11.3 Å². The predicted molar refractivity (Wildman–Crippen MR) is 78.0 cm³/mol. The van der Waals surface area contributed by atoms with E-state index in [1.54, 1.807) is 25.4 Å². The van der Waals surface area contributed by atoms with Crippen molar-refractivity contribution in [1.82, 2.24) is 9.97 Å². The summed E-state index contributed by atoms with van der Waals surface area (Å²) >= 11 is 4.35. The second kappa shape index (κ2) is 6.58. The van der Waals surface area contributed by atoms with Gasteiger partial charge in [-0.05, 0) is 28.9 Å². The summed E-state index contributed by atoms with van der Waals surface area (Å²) in [5.74, 6) is -0.926. The highest BCUT2D eigenvalue weighted by atomic mass is 79.9. The van der Waals surface area contributed by atoms with E-state index in [-0.39, 0.29) is 17.3 Å². The molecular weight excluding hydrogens is 346 g/mol. The summed E-state index contributed by atoms with van der Waals surface area (Å²) in [5, 5.41) is 4.35. The van der Waals surface area contributed by atoms with Gasteiger partial charge in [0.05, 0.1) is 16.8 Å². The average Bonchev–Trinajstić information content (AvgIpc) is 2.91. The first kappa shape index (κ1) is 14.6. The first-order valence-corrected chi connectivity index (χ1v) is 7.32. The Kier molecular flexibility index (Phi) is 4.80. The Bertz CT molecular complexity index is 644. The number of esters is 1. The van der Waals surface area contributed by atoms with Crippen LogP contribution in [-0.2, 0) is 4.74 Å². The highest BCUT2D eigenvalue weighted by Crippen LogP contribution is 2.21. The van der Waals surface area contributed by atoms with Crippen molar-refractivity contribution in [2.75, 3.05) is 11.9 Å². The molecule has 0 saturated heterocycles. The molecule has 0 atom stereocenters. The number of anilines is 1. The van der Waals surface area contributed by atoms with Gasteiger partial charge in [0.15, 0.2) is 0 Å². The van der Waals surface area contributed by atoms with Gasteiger partial charge in [0.25, 0.3) is 5.91 Å². The molecule has 0 aliphatic rings. The van der Waals surface area contributed by atoms with Crippen molar-refractivity contribution < 1.29 is 14.3 Å². The summed E-state index contributed by atoms with van der Waals surface area (Å²) in [6.07, 6.45) is 3.13. The lowest BCUT2D eigenvalue weighted by Gasteiger charge is -2.04. The Morgan fingerprint density at radius 2 is 2.30 bits per heavy atom. The van der Waals surface area contributed by atoms with E-state index in [2.05, 4.69) is 31.2 Å². The van der Waals surface area contributed by atoms with Gasteiger partial charge in [0.2, 0.25) is 5.01 Å². The molecule has 0 fully saturated rings. The van der Waals surface area contributed by atoms with Gasteiger partial charge < -0.3 is 10.1 Å². The fourth-order valence-electron chi connectivity index (χ4n) is 1.33. The van der Waals surface area contributed by atoms with E-state index in [4.69, 9.17) is 4.74 Å². The van der Waals surface area contributed by atoms with Crippen molar-refractivity contribution in [2.45, 2.75) is 6.92 Å². The molecule has 2 rings (SSSR count). The molecule has 0 saturated carbocycles. The maximum Gasteiger partial charge on any atom is 0.367 e. The number of halogens is 1. The van der Waals surface area contributed by atoms with Gasteiger partial charge in [0.1, 0.15) is 5.69 Å². The van der Waals surface area contributed by atoms with Crippen LogP contribution in [0, 0.1) is 0 Å². The van der Waals surface area contributed by atoms with Crippen molar-refractivity contribution in [3.05, 3.63) is 39.0 Å². The Balaban J connectivity index is 2.11. The topological polar surface area (TPSA) is 81.2 Å². The zero-order valence-corrected chi connectivity index (χ0v) is 12.8. The van der Waals surface area contributed by atoms with Crippen molar-refractivity contribution in [2.24, 2.45) is 0 Å². The highest BCUT2D eigenvalue weighted by molar-refractivity contribution is 9.10. The smallest absolute Gasteiger partial charge is 0.367 e. The minimum absolute atomic E-state index is 0.158. The number of pyridine rings is 1. The molecule has 2 aromatic rings. The van der Waals surface area contributed by atoms with Gasteiger partial charge in [-0.3, -0.25) is 9.78 Å². The predicted octanol–water partition coefficient (Wildman–Crippen LogP) is 2.73. The number of amides is 1. The van der Waals surface area contributed by atoms with Crippen molar-refractivity contribution >= 4 is 44.8 Å². The molecule has 20 heavy (non-hydrogen) atoms. The van der Waals surface area contributed by atoms with E-state index in [1.807, 2.05) is 0 Å². The fraction of sp³-hybridized carbons (Fsp3) is 0.167. The summed E-state index contributed by atoms with van der Waals surface area (Å²) < 4.78 is 5.48. The summed E-state index contributed by atoms with van der Waals surface area (Å²) in [4.78, 5) is 31.3. The molecule has 0 unspecified atom stereocenters. The normalized spacial score (nSPS) is 10.1. The fourth-order valence-corrected chi connectivity index (χ4v) is 2.37. The molecule has 0 aliphatic carbocycles. The third kappa shape index (κ3) is 3.40. The van der Waals surface area contributed by atoms with Crippen LogP contribution in [0.4, 0.5) is 5.69 Å². The number of hydrogen-bond donors (Lipinski definition) is 1. The number of rotatable bonds is 4. The Morgan fingerprint density at radius 3 is 3.00 bits per heavy atom. The Morgan fingerprint density at radius 1 is 1.50 bits per heavy atom. The maximum absolute atomic E-state index is 12.0. The van der Waals surface area contributed by atoms with E-state index in [0.29, 0.717) is 10.2 Å². The molecule has 1 N–H and O–H groups in total. The van der Waals surface area contributed by atoms with Crippen LogP contribution in [0.1, 0.15) is 27.2 Å². The second-order valence-electron chi connectivity index (χ2n) is 3.57. The molecule has 0 bridgehead atoms. The monoisotopic (exact) mass is 355 g/mol. The lowest BCUT2D eigenvalue weighted by molar-refractivity contribution is 0.0526. The molecule has 8 heteroatoms. The van der Waals surface area contributed by atoms with Crippen LogP contribution in [-0.4, -0.2) is 28.5 Å². The number of thiazole rings is 1. The van der Waals surface area contributed by atoms with Crippen LogP contribution in [0.2, 0.25) is 0 Å². The van der Waals surface area contributed by atoms with Gasteiger partial charge in [-0.25, -0.2) is 9.78 Å². The third-order valence-corrected chi connectivity index (χ3v) is 3.66. The molecule has 0 aromatic carbocycles. The summed E-state index contributed by atoms with van der Waals surface area (Å²) in [7, 11) is 0. The van der Waals surface area contributed by atoms with Gasteiger partial charge in [-0.15, -0.1) is 11.3 Å². The standard InChI is InChI=1S/C12H10BrN3O3S/c1-2-19-12(18)11-16-9(6-20-11)10(17)15-8-3-4-14-5-7(8)13/h3-6H,2H2,1H3,(H,14,15,17). The minimum atomic E-state index is -0.526. The van der Waals surface area contributed by atoms with Gasteiger partial charge in [-0.2, -0.15) is 0 Å². The lowest BCUT2D eigenvalue weighted by Crippen LogP contribution is -2.13. The number of hydrogen-bond acceptors (Lipinski definition) is 6. The van der Waals surface area contributed by atoms with Gasteiger partial charge in [-0.1, -0.05) is 0 Å². The number of carbonyl (C=O) groups is 2. The Hall–Kier alpha value is -1.80. The summed E-state index contributed by atoms with van der Waals surface area (Å²) in [5.41, 5.74) is 0.748. The largest absolute Gasteiger partial charge is 0.461 e. The molecule has 0 radical (unpaired) electrons. The van der Waals surface area contributed by atoms with E-state index < -0.39 is 11.9 Å². The third-order valence-electron chi connectivity index (χ3n) is 2.21. The van der Waals surface area contributed by atoms with Gasteiger partial charge in [0, 0.05) is 17.8 Å². The maximum atomic E-state index is 12.0. The van der Waals surface area contributed by atoms with Crippen LogP contribution >= 0.6 is 27.3 Å². The van der Waals surface area contributed by atoms with Crippen LogP contribution in [0.15, 0.2) is 28.3 Å². The van der Waals surface area contributed by atoms with E-state index in [1.165, 1.54) is 5.38 Å². The number of nitrogens with zero attached hydrogens (tertiary/aromatic N) is 2. The number of carbonyl (C=O) groups excluding carboxylic acids is 2. The van der Waals surface area contributed by atoms with E-state index in [9.17, 15) is 9.59 Å².